The fraction of sp³-hybridized carbons (Fsp3) is 0.643. The molecule has 0 aliphatic carbocycles. The van der Waals surface area contributed by atoms with E-state index in [2.05, 4.69) is 20.6 Å². The number of amides is 1. The Morgan fingerprint density at radius 2 is 1.95 bits per heavy atom. The van der Waals surface area contributed by atoms with Gasteiger partial charge in [0.25, 0.3) is 0 Å². The first-order chi connectivity index (χ1) is 10.1. The van der Waals surface area contributed by atoms with E-state index >= 15 is 0 Å². The van der Waals surface area contributed by atoms with Crippen molar-refractivity contribution in [2.45, 2.75) is 33.6 Å². The molecule has 0 aliphatic heterocycles. The zero-order valence-electron chi connectivity index (χ0n) is 12.9. The Kier molecular flexibility index (Phi) is 7.42. The molecular weight excluding hydrogens is 273 g/mol. The maximum Gasteiger partial charge on any atom is 0.224 e. The summed E-state index contributed by atoms with van der Waals surface area (Å²) in [6.07, 6.45) is 2.37. The Balaban J connectivity index is 2.52. The SMILES string of the molecule is CCCNc1ncc(F)c(NCCC(=O)N(CC)CC)n1. The van der Waals surface area contributed by atoms with E-state index in [0.29, 0.717) is 32.0 Å². The number of aromatic nitrogens is 2. The number of halogens is 1. The highest BCUT2D eigenvalue weighted by Gasteiger charge is 2.10. The Hall–Kier alpha value is -1.92. The number of nitrogens with one attached hydrogen (secondary N) is 2. The average Bonchev–Trinajstić information content (AvgIpc) is 2.49. The van der Waals surface area contributed by atoms with Gasteiger partial charge in [-0.1, -0.05) is 6.92 Å². The zero-order valence-corrected chi connectivity index (χ0v) is 12.9. The molecule has 1 aromatic heterocycles. The first kappa shape index (κ1) is 17.1. The van der Waals surface area contributed by atoms with Crippen molar-refractivity contribution in [3.05, 3.63) is 12.0 Å². The molecule has 1 aromatic rings. The minimum atomic E-state index is -0.521. The standard InChI is InChI=1S/C14H24FN5O/c1-4-8-17-14-18-10-11(15)13(19-14)16-9-7-12(21)20(5-2)6-3/h10H,4-9H2,1-3H3,(H2,16,17,18,19). The first-order valence-corrected chi connectivity index (χ1v) is 7.40. The molecule has 0 bridgehead atoms. The summed E-state index contributed by atoms with van der Waals surface area (Å²) in [6.45, 7) is 8.33. The fourth-order valence-electron chi connectivity index (χ4n) is 1.84. The highest BCUT2D eigenvalue weighted by Crippen LogP contribution is 2.12. The number of hydrogen-bond donors (Lipinski definition) is 2. The molecule has 0 aliphatic rings. The van der Waals surface area contributed by atoms with Crippen LogP contribution in [0.15, 0.2) is 6.20 Å². The van der Waals surface area contributed by atoms with Crippen LogP contribution in [0.2, 0.25) is 0 Å². The Bertz CT molecular complexity index is 451. The highest BCUT2D eigenvalue weighted by molar-refractivity contribution is 5.76. The van der Waals surface area contributed by atoms with Gasteiger partial charge < -0.3 is 15.5 Å². The molecule has 0 fully saturated rings. The molecule has 1 rings (SSSR count). The predicted molar refractivity (Wildman–Crippen MR) is 81.8 cm³/mol. The number of carbonyl (C=O) groups is 1. The summed E-state index contributed by atoms with van der Waals surface area (Å²) in [6, 6.07) is 0. The van der Waals surface area contributed by atoms with E-state index in [-0.39, 0.29) is 11.7 Å². The van der Waals surface area contributed by atoms with Crippen molar-refractivity contribution >= 4 is 17.7 Å². The molecule has 0 spiro atoms. The van der Waals surface area contributed by atoms with Crippen LogP contribution >= 0.6 is 0 Å². The van der Waals surface area contributed by atoms with E-state index in [1.165, 1.54) is 0 Å². The van der Waals surface area contributed by atoms with Gasteiger partial charge in [0.1, 0.15) is 0 Å². The summed E-state index contributed by atoms with van der Waals surface area (Å²) in [5, 5.41) is 5.84. The van der Waals surface area contributed by atoms with Crippen molar-refractivity contribution in [2.75, 3.05) is 36.8 Å². The molecule has 0 saturated carbocycles. The Morgan fingerprint density at radius 3 is 2.57 bits per heavy atom. The molecule has 0 unspecified atom stereocenters. The number of rotatable bonds is 9. The van der Waals surface area contributed by atoms with Crippen LogP contribution in [0.1, 0.15) is 33.6 Å². The summed E-state index contributed by atoms with van der Waals surface area (Å²) in [7, 11) is 0. The van der Waals surface area contributed by atoms with E-state index in [9.17, 15) is 9.18 Å². The molecular formula is C14H24FN5O. The molecule has 2 N–H and O–H groups in total. The lowest BCUT2D eigenvalue weighted by Crippen LogP contribution is -2.31. The Labute approximate surface area is 125 Å². The summed E-state index contributed by atoms with van der Waals surface area (Å²) >= 11 is 0. The highest BCUT2D eigenvalue weighted by atomic mass is 19.1. The van der Waals surface area contributed by atoms with Crippen molar-refractivity contribution in [2.24, 2.45) is 0 Å². The second-order valence-corrected chi connectivity index (χ2v) is 4.56. The first-order valence-electron chi connectivity index (χ1n) is 7.40. The lowest BCUT2D eigenvalue weighted by molar-refractivity contribution is -0.130. The normalized spacial score (nSPS) is 10.3. The second kappa shape index (κ2) is 9.10. The van der Waals surface area contributed by atoms with Crippen LogP contribution in [0.3, 0.4) is 0 Å². The van der Waals surface area contributed by atoms with Crippen LogP contribution in [0, 0.1) is 5.82 Å². The largest absolute Gasteiger partial charge is 0.367 e. The van der Waals surface area contributed by atoms with Crippen molar-refractivity contribution in [3.63, 3.8) is 0 Å². The minimum absolute atomic E-state index is 0.0475. The van der Waals surface area contributed by atoms with Gasteiger partial charge in [-0.15, -0.1) is 0 Å². The molecule has 7 heteroatoms. The van der Waals surface area contributed by atoms with Gasteiger partial charge in [-0.25, -0.2) is 9.37 Å². The van der Waals surface area contributed by atoms with Crippen molar-refractivity contribution in [1.29, 1.82) is 0 Å². The molecule has 0 atom stereocenters. The van der Waals surface area contributed by atoms with Gasteiger partial charge in [-0.2, -0.15) is 4.98 Å². The van der Waals surface area contributed by atoms with Crippen LogP contribution in [0.4, 0.5) is 16.2 Å². The molecule has 0 aromatic carbocycles. The summed E-state index contributed by atoms with van der Waals surface area (Å²) in [4.78, 5) is 21.5. The van der Waals surface area contributed by atoms with Crippen molar-refractivity contribution in [3.8, 4) is 0 Å². The third-order valence-corrected chi connectivity index (χ3v) is 3.02. The summed E-state index contributed by atoms with van der Waals surface area (Å²) in [5.41, 5.74) is 0. The zero-order chi connectivity index (χ0) is 15.7. The Morgan fingerprint density at radius 1 is 1.24 bits per heavy atom. The lowest BCUT2D eigenvalue weighted by atomic mass is 10.3. The van der Waals surface area contributed by atoms with Crippen LogP contribution in [0.25, 0.3) is 0 Å². The quantitative estimate of drug-likeness (QED) is 0.730. The summed E-state index contributed by atoms with van der Waals surface area (Å²) in [5.74, 6) is 0.0328. The van der Waals surface area contributed by atoms with Gasteiger partial charge in [0.05, 0.1) is 6.20 Å². The third-order valence-electron chi connectivity index (χ3n) is 3.02. The molecule has 21 heavy (non-hydrogen) atoms. The van der Waals surface area contributed by atoms with Crippen molar-refractivity contribution in [1.82, 2.24) is 14.9 Å². The van der Waals surface area contributed by atoms with Crippen LogP contribution < -0.4 is 10.6 Å². The minimum Gasteiger partial charge on any atom is -0.367 e. The van der Waals surface area contributed by atoms with E-state index in [0.717, 1.165) is 19.2 Å². The van der Waals surface area contributed by atoms with Gasteiger partial charge in [0, 0.05) is 32.6 Å². The van der Waals surface area contributed by atoms with E-state index in [1.54, 1.807) is 4.90 Å². The maximum atomic E-state index is 13.6. The van der Waals surface area contributed by atoms with Crippen LogP contribution in [-0.4, -0.2) is 47.0 Å². The number of carbonyl (C=O) groups excluding carboxylic acids is 1. The lowest BCUT2D eigenvalue weighted by Gasteiger charge is -2.18. The smallest absolute Gasteiger partial charge is 0.224 e. The molecule has 118 valence electrons. The third kappa shape index (κ3) is 5.53. The van der Waals surface area contributed by atoms with Gasteiger partial charge in [0.2, 0.25) is 11.9 Å². The maximum absolute atomic E-state index is 13.6. The van der Waals surface area contributed by atoms with Crippen molar-refractivity contribution < 1.29 is 9.18 Å². The van der Waals surface area contributed by atoms with E-state index in [1.807, 2.05) is 20.8 Å². The molecule has 1 amide bonds. The molecule has 0 radical (unpaired) electrons. The monoisotopic (exact) mass is 297 g/mol. The number of nitrogens with zero attached hydrogens (tertiary/aromatic N) is 3. The van der Waals surface area contributed by atoms with Crippen LogP contribution in [-0.2, 0) is 4.79 Å². The van der Waals surface area contributed by atoms with E-state index in [4.69, 9.17) is 0 Å². The molecule has 6 nitrogen and oxygen atoms in total. The second-order valence-electron chi connectivity index (χ2n) is 4.56. The fourth-order valence-corrected chi connectivity index (χ4v) is 1.84. The predicted octanol–water partition coefficient (Wildman–Crippen LogP) is 2.11. The number of hydrogen-bond acceptors (Lipinski definition) is 5. The average molecular weight is 297 g/mol. The number of anilines is 2. The van der Waals surface area contributed by atoms with Gasteiger partial charge in [-0.05, 0) is 20.3 Å². The van der Waals surface area contributed by atoms with E-state index < -0.39 is 5.82 Å². The van der Waals surface area contributed by atoms with Crippen LogP contribution in [0.5, 0.6) is 0 Å². The van der Waals surface area contributed by atoms with Gasteiger partial charge in [0.15, 0.2) is 11.6 Å². The molecule has 1 heterocycles. The van der Waals surface area contributed by atoms with Gasteiger partial charge >= 0.3 is 0 Å². The molecule has 0 saturated heterocycles. The van der Waals surface area contributed by atoms with Gasteiger partial charge in [-0.3, -0.25) is 4.79 Å². The summed E-state index contributed by atoms with van der Waals surface area (Å²) < 4.78 is 13.6. The topological polar surface area (TPSA) is 70.2 Å².